The van der Waals surface area contributed by atoms with Gasteiger partial charge < -0.3 is 10.2 Å². The fourth-order valence-corrected chi connectivity index (χ4v) is 3.66. The highest BCUT2D eigenvalue weighted by Crippen LogP contribution is 2.42. The number of hydrogen-bond acceptors (Lipinski definition) is 2. The van der Waals surface area contributed by atoms with E-state index in [9.17, 15) is 4.79 Å². The van der Waals surface area contributed by atoms with Crippen LogP contribution in [0.2, 0.25) is 0 Å². The summed E-state index contributed by atoms with van der Waals surface area (Å²) in [4.78, 5) is 14.7. The SMILES string of the molecule is O=C1Nc2cc(I)ccc2N2CCc3ccccc3C12. The number of nitrogens with one attached hydrogen (secondary N) is 1. The number of anilines is 2. The van der Waals surface area contributed by atoms with Gasteiger partial charge in [-0.15, -0.1) is 0 Å². The number of hydrogen-bond donors (Lipinski definition) is 1. The van der Waals surface area contributed by atoms with Crippen molar-refractivity contribution in [2.24, 2.45) is 0 Å². The minimum Gasteiger partial charge on any atom is -0.354 e. The molecule has 2 aliphatic rings. The number of amides is 1. The number of halogens is 1. The van der Waals surface area contributed by atoms with Crippen molar-refractivity contribution in [1.82, 2.24) is 0 Å². The highest BCUT2D eigenvalue weighted by atomic mass is 127. The lowest BCUT2D eigenvalue weighted by Gasteiger charge is -2.42. The minimum atomic E-state index is -0.187. The van der Waals surface area contributed by atoms with Crippen LogP contribution < -0.4 is 10.2 Å². The molecule has 4 rings (SSSR count). The van der Waals surface area contributed by atoms with Crippen molar-refractivity contribution in [3.05, 3.63) is 57.2 Å². The lowest BCUT2D eigenvalue weighted by Crippen LogP contribution is -2.45. The van der Waals surface area contributed by atoms with Crippen molar-refractivity contribution >= 4 is 39.9 Å². The Morgan fingerprint density at radius 1 is 1.20 bits per heavy atom. The number of fused-ring (bicyclic) bond motifs is 5. The lowest BCUT2D eigenvalue weighted by atomic mass is 9.90. The third-order valence-electron chi connectivity index (χ3n) is 4.06. The molecular formula is C16H13IN2O. The molecule has 1 atom stereocenters. The smallest absolute Gasteiger partial charge is 0.251 e. The molecule has 1 N–H and O–H groups in total. The Kier molecular flexibility index (Phi) is 2.73. The molecule has 0 saturated heterocycles. The van der Waals surface area contributed by atoms with E-state index in [0.29, 0.717) is 0 Å². The van der Waals surface area contributed by atoms with E-state index in [2.05, 4.69) is 57.1 Å². The van der Waals surface area contributed by atoms with Crippen LogP contribution in [0.1, 0.15) is 17.2 Å². The van der Waals surface area contributed by atoms with Crippen LogP contribution in [0.25, 0.3) is 0 Å². The van der Waals surface area contributed by atoms with Gasteiger partial charge in [0, 0.05) is 10.1 Å². The zero-order valence-corrected chi connectivity index (χ0v) is 12.9. The van der Waals surface area contributed by atoms with Gasteiger partial charge in [-0.3, -0.25) is 4.79 Å². The van der Waals surface area contributed by atoms with Gasteiger partial charge in [0.1, 0.15) is 6.04 Å². The predicted molar refractivity (Wildman–Crippen MR) is 88.0 cm³/mol. The van der Waals surface area contributed by atoms with Gasteiger partial charge in [-0.05, 0) is 58.3 Å². The van der Waals surface area contributed by atoms with Crippen molar-refractivity contribution in [1.29, 1.82) is 0 Å². The molecular weight excluding hydrogens is 363 g/mol. The molecule has 4 heteroatoms. The van der Waals surface area contributed by atoms with Crippen LogP contribution in [0.5, 0.6) is 0 Å². The van der Waals surface area contributed by atoms with Crippen LogP contribution in [0.4, 0.5) is 11.4 Å². The molecule has 0 bridgehead atoms. The topological polar surface area (TPSA) is 32.3 Å². The van der Waals surface area contributed by atoms with Crippen molar-refractivity contribution < 1.29 is 4.79 Å². The number of rotatable bonds is 0. The molecule has 3 nitrogen and oxygen atoms in total. The van der Waals surface area contributed by atoms with E-state index < -0.39 is 0 Å². The zero-order valence-electron chi connectivity index (χ0n) is 10.8. The molecule has 0 saturated carbocycles. The van der Waals surface area contributed by atoms with Gasteiger partial charge >= 0.3 is 0 Å². The molecule has 2 aromatic carbocycles. The number of benzene rings is 2. The largest absolute Gasteiger partial charge is 0.354 e. The zero-order chi connectivity index (χ0) is 13.7. The lowest BCUT2D eigenvalue weighted by molar-refractivity contribution is -0.117. The van der Waals surface area contributed by atoms with Crippen LogP contribution in [0.3, 0.4) is 0 Å². The quantitative estimate of drug-likeness (QED) is 0.716. The third kappa shape index (κ3) is 1.74. The molecule has 20 heavy (non-hydrogen) atoms. The fourth-order valence-electron chi connectivity index (χ4n) is 3.17. The highest BCUT2D eigenvalue weighted by molar-refractivity contribution is 14.1. The summed E-state index contributed by atoms with van der Waals surface area (Å²) in [5.74, 6) is 0.0756. The molecule has 0 fully saturated rings. The first kappa shape index (κ1) is 12.2. The molecule has 1 unspecified atom stereocenters. The molecule has 1 amide bonds. The van der Waals surface area contributed by atoms with E-state index in [0.717, 1.165) is 33.5 Å². The average Bonchev–Trinajstić information content (AvgIpc) is 2.46. The molecule has 100 valence electrons. The van der Waals surface area contributed by atoms with Crippen molar-refractivity contribution in [3.63, 3.8) is 0 Å². The minimum absolute atomic E-state index is 0.0756. The number of nitrogens with zero attached hydrogens (tertiary/aromatic N) is 1. The summed E-state index contributed by atoms with van der Waals surface area (Å²) in [5.41, 5.74) is 4.49. The van der Waals surface area contributed by atoms with Gasteiger partial charge in [-0.25, -0.2) is 0 Å². The first-order chi connectivity index (χ1) is 9.74. The van der Waals surface area contributed by atoms with Crippen molar-refractivity contribution in [2.75, 3.05) is 16.8 Å². The van der Waals surface area contributed by atoms with Gasteiger partial charge in [-0.2, -0.15) is 0 Å². The Hall–Kier alpha value is -1.56. The summed E-state index contributed by atoms with van der Waals surface area (Å²) in [5, 5.41) is 3.06. The van der Waals surface area contributed by atoms with E-state index >= 15 is 0 Å². The second kappa shape index (κ2) is 4.48. The summed E-state index contributed by atoms with van der Waals surface area (Å²) >= 11 is 2.27. The normalized spacial score (nSPS) is 19.8. The summed E-state index contributed by atoms with van der Waals surface area (Å²) in [6.45, 7) is 0.892. The molecule has 2 heterocycles. The van der Waals surface area contributed by atoms with E-state index in [1.54, 1.807) is 0 Å². The standard InChI is InChI=1S/C16H13IN2O/c17-11-5-6-14-13(9-11)18-16(20)15-12-4-2-1-3-10(12)7-8-19(14)15/h1-6,9,15H,7-8H2,(H,18,20). The first-order valence-corrected chi connectivity index (χ1v) is 7.77. The second-order valence-electron chi connectivity index (χ2n) is 5.20. The van der Waals surface area contributed by atoms with Gasteiger partial charge in [0.05, 0.1) is 11.4 Å². The fraction of sp³-hybridized carbons (Fsp3) is 0.188. The van der Waals surface area contributed by atoms with Crippen LogP contribution >= 0.6 is 22.6 Å². The monoisotopic (exact) mass is 376 g/mol. The summed E-state index contributed by atoms with van der Waals surface area (Å²) < 4.78 is 1.14. The number of carbonyl (C=O) groups excluding carboxylic acids is 1. The average molecular weight is 376 g/mol. The summed E-state index contributed by atoms with van der Waals surface area (Å²) in [6.07, 6.45) is 0.991. The van der Waals surface area contributed by atoms with Crippen LogP contribution in [-0.2, 0) is 11.2 Å². The summed E-state index contributed by atoms with van der Waals surface area (Å²) in [7, 11) is 0. The van der Waals surface area contributed by atoms with Gasteiger partial charge in [0.15, 0.2) is 0 Å². The van der Waals surface area contributed by atoms with Crippen molar-refractivity contribution in [3.8, 4) is 0 Å². The van der Waals surface area contributed by atoms with E-state index in [-0.39, 0.29) is 11.9 Å². The third-order valence-corrected chi connectivity index (χ3v) is 4.73. The maximum atomic E-state index is 12.5. The Bertz CT molecular complexity index is 713. The molecule has 0 aromatic heterocycles. The van der Waals surface area contributed by atoms with Gasteiger partial charge in [0.2, 0.25) is 0 Å². The maximum absolute atomic E-state index is 12.5. The van der Waals surface area contributed by atoms with E-state index in [4.69, 9.17) is 0 Å². The molecule has 0 radical (unpaired) electrons. The van der Waals surface area contributed by atoms with Crippen LogP contribution in [-0.4, -0.2) is 12.5 Å². The molecule has 2 aliphatic heterocycles. The van der Waals surface area contributed by atoms with Gasteiger partial charge in [-0.1, -0.05) is 24.3 Å². The Labute approximate surface area is 131 Å². The van der Waals surface area contributed by atoms with E-state index in [1.165, 1.54) is 5.56 Å². The van der Waals surface area contributed by atoms with E-state index in [1.807, 2.05) is 18.2 Å². The molecule has 0 spiro atoms. The molecule has 0 aliphatic carbocycles. The Morgan fingerprint density at radius 3 is 2.95 bits per heavy atom. The Morgan fingerprint density at radius 2 is 2.05 bits per heavy atom. The first-order valence-electron chi connectivity index (χ1n) is 6.69. The summed E-state index contributed by atoms with van der Waals surface area (Å²) in [6, 6.07) is 14.3. The van der Waals surface area contributed by atoms with Crippen LogP contribution in [0, 0.1) is 3.57 Å². The number of carbonyl (C=O) groups is 1. The highest BCUT2D eigenvalue weighted by Gasteiger charge is 2.37. The Balaban J connectivity index is 1.87. The van der Waals surface area contributed by atoms with Crippen LogP contribution in [0.15, 0.2) is 42.5 Å². The second-order valence-corrected chi connectivity index (χ2v) is 6.44. The predicted octanol–water partition coefficient (Wildman–Crippen LogP) is 3.35. The maximum Gasteiger partial charge on any atom is 0.251 e. The van der Waals surface area contributed by atoms with Crippen molar-refractivity contribution in [2.45, 2.75) is 12.5 Å². The van der Waals surface area contributed by atoms with Gasteiger partial charge in [0.25, 0.3) is 5.91 Å². The molecule has 2 aromatic rings.